The van der Waals surface area contributed by atoms with Crippen LogP contribution < -0.4 is 0 Å². The first-order valence-electron chi connectivity index (χ1n) is 8.66. The van der Waals surface area contributed by atoms with E-state index in [9.17, 15) is 19.2 Å². The van der Waals surface area contributed by atoms with Crippen LogP contribution in [0, 0.1) is 0 Å². The molecule has 0 N–H and O–H groups in total. The van der Waals surface area contributed by atoms with Crippen molar-refractivity contribution in [1.29, 1.82) is 0 Å². The van der Waals surface area contributed by atoms with Gasteiger partial charge in [-0.15, -0.1) is 0 Å². The van der Waals surface area contributed by atoms with Gasteiger partial charge in [-0.1, -0.05) is 25.3 Å². The first kappa shape index (κ1) is 24.5. The van der Waals surface area contributed by atoms with Crippen molar-refractivity contribution in [2.24, 2.45) is 0 Å². The Balaban J connectivity index is 2.46. The van der Waals surface area contributed by atoms with E-state index in [-0.39, 0.29) is 48.7 Å². The second-order valence-corrected chi connectivity index (χ2v) is 5.76. The van der Waals surface area contributed by atoms with E-state index in [1.54, 1.807) is 12.1 Å². The van der Waals surface area contributed by atoms with Gasteiger partial charge < -0.3 is 9.47 Å². The molecule has 0 aliphatic heterocycles. The Morgan fingerprint density at radius 2 is 1.07 bits per heavy atom. The van der Waals surface area contributed by atoms with Crippen LogP contribution in [0.4, 0.5) is 0 Å². The molecule has 0 bridgehead atoms. The summed E-state index contributed by atoms with van der Waals surface area (Å²) in [6.45, 7) is 8.77. The first-order chi connectivity index (χ1) is 14.2. The number of hydrogen-bond donors (Lipinski definition) is 0. The van der Waals surface area contributed by atoms with Gasteiger partial charge in [-0.2, -0.15) is 9.78 Å². The molecule has 0 radical (unpaired) electrons. The molecule has 0 saturated carbocycles. The Bertz CT molecular complexity index is 745. The molecule has 1 aromatic rings. The van der Waals surface area contributed by atoms with Crippen LogP contribution in [0.5, 0.6) is 0 Å². The van der Waals surface area contributed by atoms with E-state index < -0.39 is 23.9 Å². The minimum absolute atomic E-state index is 0.0314. The minimum atomic E-state index is -0.802. The van der Waals surface area contributed by atoms with Crippen molar-refractivity contribution >= 4 is 23.9 Å². The number of carbonyl (C=O) groups excluding carboxylic acids is 4. The topological polar surface area (TPSA) is 124 Å². The number of hydrogen-bond acceptors (Lipinski definition) is 10. The van der Waals surface area contributed by atoms with Crippen molar-refractivity contribution in [1.82, 2.24) is 0 Å². The third-order valence-corrected chi connectivity index (χ3v) is 3.13. The highest BCUT2D eigenvalue weighted by atomic mass is 17.2. The summed E-state index contributed by atoms with van der Waals surface area (Å²) in [5.41, 5.74) is 0.241. The number of carbonyl (C=O) groups is 4. The van der Waals surface area contributed by atoms with Gasteiger partial charge in [0, 0.05) is 11.1 Å². The van der Waals surface area contributed by atoms with E-state index >= 15 is 0 Å². The van der Waals surface area contributed by atoms with Gasteiger partial charge in [0.25, 0.3) is 0 Å². The predicted molar refractivity (Wildman–Crippen MR) is 101 cm³/mol. The maximum atomic E-state index is 12.2. The average Bonchev–Trinajstić information content (AvgIpc) is 2.72. The largest absolute Gasteiger partial charge is 0.459 e. The van der Waals surface area contributed by atoms with E-state index in [4.69, 9.17) is 9.47 Å². The maximum absolute atomic E-state index is 12.2. The van der Waals surface area contributed by atoms with Crippen molar-refractivity contribution < 1.29 is 48.2 Å². The smallest absolute Gasteiger partial charge is 0.368 e. The monoisotopic (exact) mass is 422 g/mol. The number of rotatable bonds is 12. The Hall–Kier alpha value is -3.50. The van der Waals surface area contributed by atoms with Crippen LogP contribution in [0.2, 0.25) is 0 Å². The lowest BCUT2D eigenvalue weighted by atomic mass is 10.1. The summed E-state index contributed by atoms with van der Waals surface area (Å²) in [6, 6.07) is 5.84. The molecule has 1 aromatic carbocycles. The molecule has 0 amide bonds. The lowest BCUT2D eigenvalue weighted by Gasteiger charge is -2.10. The highest BCUT2D eigenvalue weighted by Crippen LogP contribution is 2.12. The molecule has 0 saturated heterocycles. The zero-order valence-electron chi connectivity index (χ0n) is 16.6. The standard InChI is InChI=1S/C20H22O10/c1-13(2)17(21)29-27-11-9-25-19(23)15-7-5-6-8-16(15)20(24)26-10-12-28-30-18(22)14(3)4/h5-8H,1,3,9-12H2,2,4H3. The predicted octanol–water partition coefficient (Wildman–Crippen LogP) is 2.10. The van der Waals surface area contributed by atoms with Gasteiger partial charge in [0.2, 0.25) is 0 Å². The van der Waals surface area contributed by atoms with Gasteiger partial charge in [0.15, 0.2) is 0 Å². The zero-order valence-corrected chi connectivity index (χ0v) is 16.6. The first-order valence-corrected chi connectivity index (χ1v) is 8.66. The SMILES string of the molecule is C=C(C)C(=O)OOCCOC(=O)c1ccccc1C(=O)OCCOOC(=O)C(=C)C. The van der Waals surface area contributed by atoms with Crippen molar-refractivity contribution in [3.63, 3.8) is 0 Å². The fourth-order valence-corrected chi connectivity index (χ4v) is 1.66. The van der Waals surface area contributed by atoms with Crippen LogP contribution >= 0.6 is 0 Å². The normalized spacial score (nSPS) is 9.93. The van der Waals surface area contributed by atoms with Gasteiger partial charge in [0.05, 0.1) is 11.1 Å². The van der Waals surface area contributed by atoms with Crippen LogP contribution in [0.3, 0.4) is 0 Å². The van der Waals surface area contributed by atoms with E-state index in [2.05, 4.69) is 32.7 Å². The number of benzene rings is 1. The van der Waals surface area contributed by atoms with Gasteiger partial charge in [0.1, 0.15) is 26.4 Å². The minimum Gasteiger partial charge on any atom is -0.459 e. The van der Waals surface area contributed by atoms with Gasteiger partial charge in [-0.25, -0.2) is 19.2 Å². The van der Waals surface area contributed by atoms with E-state index in [1.807, 2.05) is 0 Å². The average molecular weight is 422 g/mol. The molecular weight excluding hydrogens is 400 g/mol. The Kier molecular flexibility index (Phi) is 10.5. The summed E-state index contributed by atoms with van der Waals surface area (Å²) >= 11 is 0. The summed E-state index contributed by atoms with van der Waals surface area (Å²) in [4.78, 5) is 64.6. The van der Waals surface area contributed by atoms with Crippen molar-refractivity contribution in [2.45, 2.75) is 13.8 Å². The maximum Gasteiger partial charge on any atom is 0.368 e. The molecule has 10 heteroatoms. The fourth-order valence-electron chi connectivity index (χ4n) is 1.66. The van der Waals surface area contributed by atoms with Crippen molar-refractivity contribution in [2.75, 3.05) is 26.4 Å². The molecule has 1 rings (SSSR count). The van der Waals surface area contributed by atoms with Crippen LogP contribution in [0.25, 0.3) is 0 Å². The number of ether oxygens (including phenoxy) is 2. The summed E-state index contributed by atoms with van der Waals surface area (Å²) in [7, 11) is 0. The molecule has 10 nitrogen and oxygen atoms in total. The Labute approximate surface area is 172 Å². The highest BCUT2D eigenvalue weighted by molar-refractivity contribution is 6.03. The summed E-state index contributed by atoms with van der Waals surface area (Å²) in [6.07, 6.45) is 0. The molecule has 162 valence electrons. The van der Waals surface area contributed by atoms with E-state index in [1.165, 1.54) is 26.0 Å². The molecule has 0 spiro atoms. The van der Waals surface area contributed by atoms with E-state index in [0.717, 1.165) is 0 Å². The highest BCUT2D eigenvalue weighted by Gasteiger charge is 2.19. The lowest BCUT2D eigenvalue weighted by molar-refractivity contribution is -0.271. The summed E-state index contributed by atoms with van der Waals surface area (Å²) < 4.78 is 9.95. The Morgan fingerprint density at radius 1 is 0.700 bits per heavy atom. The van der Waals surface area contributed by atoms with Crippen LogP contribution in [-0.4, -0.2) is 50.3 Å². The van der Waals surface area contributed by atoms with Crippen LogP contribution in [0.15, 0.2) is 48.6 Å². The summed E-state index contributed by atoms with van der Waals surface area (Å²) in [5, 5.41) is 0. The van der Waals surface area contributed by atoms with Crippen molar-refractivity contribution in [3.05, 3.63) is 59.7 Å². The van der Waals surface area contributed by atoms with Crippen LogP contribution in [0.1, 0.15) is 34.6 Å². The molecule has 0 heterocycles. The van der Waals surface area contributed by atoms with Crippen molar-refractivity contribution in [3.8, 4) is 0 Å². The van der Waals surface area contributed by atoms with E-state index in [0.29, 0.717) is 0 Å². The second kappa shape index (κ2) is 12.9. The molecule has 0 unspecified atom stereocenters. The fraction of sp³-hybridized carbons (Fsp3) is 0.300. The quantitative estimate of drug-likeness (QED) is 0.163. The molecule has 0 atom stereocenters. The zero-order chi connectivity index (χ0) is 22.5. The summed E-state index contributed by atoms with van der Waals surface area (Å²) in [5.74, 6) is -3.09. The second-order valence-electron chi connectivity index (χ2n) is 5.76. The third kappa shape index (κ3) is 8.67. The lowest BCUT2D eigenvalue weighted by Crippen LogP contribution is -2.18. The molecule has 0 aromatic heterocycles. The van der Waals surface area contributed by atoms with Gasteiger partial charge in [-0.3, -0.25) is 9.78 Å². The molecule has 0 aliphatic carbocycles. The van der Waals surface area contributed by atoms with Gasteiger partial charge in [-0.05, 0) is 26.0 Å². The Morgan fingerprint density at radius 3 is 1.40 bits per heavy atom. The molecule has 0 aliphatic rings. The van der Waals surface area contributed by atoms with Gasteiger partial charge >= 0.3 is 23.9 Å². The molecule has 0 fully saturated rings. The molecular formula is C20H22O10. The number of esters is 2. The van der Waals surface area contributed by atoms with Crippen LogP contribution in [-0.2, 0) is 38.6 Å². The third-order valence-electron chi connectivity index (χ3n) is 3.13. The molecule has 30 heavy (non-hydrogen) atoms.